The first kappa shape index (κ1) is 15.4. The molecule has 19 heavy (non-hydrogen) atoms. The Morgan fingerprint density at radius 3 is 2.74 bits per heavy atom. The van der Waals surface area contributed by atoms with Gasteiger partial charge in [0.25, 0.3) is 0 Å². The van der Waals surface area contributed by atoms with Crippen molar-refractivity contribution in [1.29, 1.82) is 0 Å². The van der Waals surface area contributed by atoms with Crippen LogP contribution < -0.4 is 14.8 Å². The zero-order chi connectivity index (χ0) is 14.1. The first-order valence-corrected chi connectivity index (χ1v) is 6.17. The van der Waals surface area contributed by atoms with Crippen LogP contribution >= 0.6 is 0 Å². The number of hydrogen-bond acceptors (Lipinski definition) is 3. The standard InChI is InChI=1S/C14H19F2NO2/c1-3-8-17-9-4-5-11-6-7-12(18-2)13(10-11)19-14(15)16/h4-7,10,14,17H,3,8-9H2,1-2H3. The summed E-state index contributed by atoms with van der Waals surface area (Å²) in [5.74, 6) is 0.336. The van der Waals surface area contributed by atoms with Crippen molar-refractivity contribution in [3.8, 4) is 11.5 Å². The van der Waals surface area contributed by atoms with E-state index in [1.54, 1.807) is 12.1 Å². The van der Waals surface area contributed by atoms with E-state index < -0.39 is 6.61 Å². The molecule has 0 bridgehead atoms. The Labute approximate surface area is 112 Å². The van der Waals surface area contributed by atoms with Crippen LogP contribution in [0.1, 0.15) is 18.9 Å². The Hall–Kier alpha value is -1.62. The fraction of sp³-hybridized carbons (Fsp3) is 0.429. The van der Waals surface area contributed by atoms with Gasteiger partial charge in [0.15, 0.2) is 11.5 Å². The Kier molecular flexibility index (Phi) is 6.89. The minimum Gasteiger partial charge on any atom is -0.493 e. The van der Waals surface area contributed by atoms with Crippen molar-refractivity contribution in [3.63, 3.8) is 0 Å². The summed E-state index contributed by atoms with van der Waals surface area (Å²) in [6, 6.07) is 4.92. The van der Waals surface area contributed by atoms with Crippen molar-refractivity contribution < 1.29 is 18.3 Å². The van der Waals surface area contributed by atoms with Gasteiger partial charge in [0.2, 0.25) is 0 Å². The maximum Gasteiger partial charge on any atom is 0.387 e. The van der Waals surface area contributed by atoms with Crippen LogP contribution in [0, 0.1) is 0 Å². The van der Waals surface area contributed by atoms with E-state index in [0.29, 0.717) is 5.75 Å². The average molecular weight is 271 g/mol. The molecular formula is C14H19F2NO2. The number of benzene rings is 1. The molecule has 0 saturated carbocycles. The number of halogens is 2. The minimum atomic E-state index is -2.86. The first-order chi connectivity index (χ1) is 9.17. The third kappa shape index (κ3) is 5.70. The summed E-state index contributed by atoms with van der Waals surface area (Å²) < 4.78 is 33.9. The summed E-state index contributed by atoms with van der Waals surface area (Å²) in [6.45, 7) is 0.922. The van der Waals surface area contributed by atoms with Crippen LogP contribution in [0.25, 0.3) is 6.08 Å². The van der Waals surface area contributed by atoms with Crippen LogP contribution in [0.3, 0.4) is 0 Å². The molecular weight excluding hydrogens is 252 g/mol. The summed E-state index contributed by atoms with van der Waals surface area (Å²) in [5.41, 5.74) is 0.787. The summed E-state index contributed by atoms with van der Waals surface area (Å²) in [5, 5.41) is 3.21. The van der Waals surface area contributed by atoms with Gasteiger partial charge in [0.1, 0.15) is 0 Å². The van der Waals surface area contributed by atoms with Crippen LogP contribution in [0.5, 0.6) is 11.5 Å². The van der Waals surface area contributed by atoms with Gasteiger partial charge < -0.3 is 14.8 Å². The molecule has 1 rings (SSSR count). The van der Waals surface area contributed by atoms with Crippen LogP contribution in [0.4, 0.5) is 8.78 Å². The van der Waals surface area contributed by atoms with Crippen molar-refractivity contribution in [2.75, 3.05) is 20.2 Å². The summed E-state index contributed by atoms with van der Waals surface area (Å²) in [4.78, 5) is 0. The van der Waals surface area contributed by atoms with Crippen LogP contribution in [-0.2, 0) is 0 Å². The molecule has 0 aliphatic heterocycles. The third-order valence-electron chi connectivity index (χ3n) is 2.40. The highest BCUT2D eigenvalue weighted by Crippen LogP contribution is 2.29. The summed E-state index contributed by atoms with van der Waals surface area (Å²) in [7, 11) is 1.41. The molecule has 0 atom stereocenters. The molecule has 0 saturated heterocycles. The van der Waals surface area contributed by atoms with Crippen molar-refractivity contribution >= 4 is 6.08 Å². The van der Waals surface area contributed by atoms with Crippen LogP contribution in [0.15, 0.2) is 24.3 Å². The second-order valence-corrected chi connectivity index (χ2v) is 3.90. The van der Waals surface area contributed by atoms with Crippen molar-refractivity contribution in [3.05, 3.63) is 29.8 Å². The van der Waals surface area contributed by atoms with Gasteiger partial charge in [-0.3, -0.25) is 0 Å². The molecule has 106 valence electrons. The van der Waals surface area contributed by atoms with Gasteiger partial charge in [-0.1, -0.05) is 25.1 Å². The Morgan fingerprint density at radius 1 is 1.32 bits per heavy atom. The van der Waals surface area contributed by atoms with E-state index in [9.17, 15) is 8.78 Å². The van der Waals surface area contributed by atoms with E-state index in [-0.39, 0.29) is 5.75 Å². The van der Waals surface area contributed by atoms with Crippen molar-refractivity contribution in [1.82, 2.24) is 5.32 Å². The minimum absolute atomic E-state index is 0.0427. The topological polar surface area (TPSA) is 30.5 Å². The monoisotopic (exact) mass is 271 g/mol. The lowest BCUT2D eigenvalue weighted by Crippen LogP contribution is -2.13. The molecule has 0 fully saturated rings. The van der Waals surface area contributed by atoms with Gasteiger partial charge in [0.05, 0.1) is 7.11 Å². The average Bonchev–Trinajstić information content (AvgIpc) is 2.38. The number of nitrogens with one attached hydrogen (secondary N) is 1. The highest BCUT2D eigenvalue weighted by atomic mass is 19.3. The van der Waals surface area contributed by atoms with Gasteiger partial charge in [-0.2, -0.15) is 8.78 Å². The van der Waals surface area contributed by atoms with E-state index >= 15 is 0 Å². The van der Waals surface area contributed by atoms with Gasteiger partial charge >= 0.3 is 6.61 Å². The largest absolute Gasteiger partial charge is 0.493 e. The lowest BCUT2D eigenvalue weighted by molar-refractivity contribution is -0.0512. The predicted molar refractivity (Wildman–Crippen MR) is 71.8 cm³/mol. The lowest BCUT2D eigenvalue weighted by atomic mass is 10.2. The third-order valence-corrected chi connectivity index (χ3v) is 2.40. The van der Waals surface area contributed by atoms with E-state index in [2.05, 4.69) is 17.0 Å². The Bertz CT molecular complexity index is 408. The SMILES string of the molecule is CCCNCC=Cc1ccc(OC)c(OC(F)F)c1. The normalized spacial score (nSPS) is 11.2. The van der Waals surface area contributed by atoms with Gasteiger partial charge in [-0.25, -0.2) is 0 Å². The highest BCUT2D eigenvalue weighted by Gasteiger charge is 2.10. The smallest absolute Gasteiger partial charge is 0.387 e. The van der Waals surface area contributed by atoms with E-state index in [4.69, 9.17) is 4.74 Å². The first-order valence-electron chi connectivity index (χ1n) is 6.17. The van der Waals surface area contributed by atoms with E-state index in [1.807, 2.05) is 12.2 Å². The van der Waals surface area contributed by atoms with Gasteiger partial charge in [-0.15, -0.1) is 0 Å². The molecule has 0 aromatic heterocycles. The maximum atomic E-state index is 12.3. The lowest BCUT2D eigenvalue weighted by Gasteiger charge is -2.10. The number of methoxy groups -OCH3 is 1. The summed E-state index contributed by atoms with van der Waals surface area (Å²) in [6.07, 6.45) is 4.85. The van der Waals surface area contributed by atoms with Gasteiger partial charge in [0, 0.05) is 6.54 Å². The molecule has 5 heteroatoms. The fourth-order valence-electron chi connectivity index (χ4n) is 1.54. The zero-order valence-electron chi connectivity index (χ0n) is 11.2. The molecule has 1 aromatic carbocycles. The zero-order valence-corrected chi connectivity index (χ0v) is 11.2. The molecule has 1 N–H and O–H groups in total. The molecule has 0 aliphatic carbocycles. The quantitative estimate of drug-likeness (QED) is 0.736. The van der Waals surface area contributed by atoms with Crippen molar-refractivity contribution in [2.24, 2.45) is 0 Å². The number of alkyl halides is 2. The van der Waals surface area contributed by atoms with Gasteiger partial charge in [-0.05, 0) is 30.7 Å². The molecule has 0 heterocycles. The van der Waals surface area contributed by atoms with Crippen molar-refractivity contribution in [2.45, 2.75) is 20.0 Å². The van der Waals surface area contributed by atoms with E-state index in [1.165, 1.54) is 13.2 Å². The molecule has 0 aliphatic rings. The van der Waals surface area contributed by atoms with Crippen LogP contribution in [0.2, 0.25) is 0 Å². The second kappa shape index (κ2) is 8.48. The predicted octanol–water partition coefficient (Wildman–Crippen LogP) is 3.31. The number of ether oxygens (including phenoxy) is 2. The molecule has 0 radical (unpaired) electrons. The molecule has 0 amide bonds. The summed E-state index contributed by atoms with van der Waals surface area (Å²) >= 11 is 0. The Morgan fingerprint density at radius 2 is 2.11 bits per heavy atom. The number of hydrogen-bond donors (Lipinski definition) is 1. The van der Waals surface area contributed by atoms with E-state index in [0.717, 1.165) is 25.1 Å². The highest BCUT2D eigenvalue weighted by molar-refractivity contribution is 5.56. The molecule has 1 aromatic rings. The maximum absolute atomic E-state index is 12.3. The van der Waals surface area contributed by atoms with Crippen LogP contribution in [-0.4, -0.2) is 26.8 Å². The number of rotatable bonds is 8. The molecule has 0 unspecified atom stereocenters. The Balaban J connectivity index is 2.69. The molecule has 3 nitrogen and oxygen atoms in total. The molecule has 0 spiro atoms. The fourth-order valence-corrected chi connectivity index (χ4v) is 1.54. The second-order valence-electron chi connectivity index (χ2n) is 3.90.